The molecule has 0 radical (unpaired) electrons. The van der Waals surface area contributed by atoms with Gasteiger partial charge in [0.1, 0.15) is 24.4 Å². The van der Waals surface area contributed by atoms with Crippen LogP contribution in [0.2, 0.25) is 0 Å². The lowest BCUT2D eigenvalue weighted by molar-refractivity contribution is -0.302. The molecule has 6 N–H and O–H groups in total. The van der Waals surface area contributed by atoms with Crippen molar-refractivity contribution in [3.8, 4) is 0 Å². The zero-order valence-corrected chi connectivity index (χ0v) is 57.7. The maximum atomic E-state index is 13.1. The van der Waals surface area contributed by atoms with Crippen molar-refractivity contribution in [1.29, 1.82) is 0 Å². The average Bonchev–Trinajstić information content (AvgIpc) is 3.64. The monoisotopic (exact) mass is 1240 g/mol. The van der Waals surface area contributed by atoms with Gasteiger partial charge < -0.3 is 45.1 Å². The summed E-state index contributed by atoms with van der Waals surface area (Å²) >= 11 is 0. The highest BCUT2D eigenvalue weighted by molar-refractivity contribution is 5.76. The number of allylic oxidation sites excluding steroid dienone is 5. The largest absolute Gasteiger partial charge is 0.466 e. The van der Waals surface area contributed by atoms with Crippen LogP contribution in [0.1, 0.15) is 380 Å². The Morgan fingerprint density at radius 1 is 0.409 bits per heavy atom. The van der Waals surface area contributed by atoms with Crippen LogP contribution in [-0.2, 0) is 23.8 Å². The van der Waals surface area contributed by atoms with Gasteiger partial charge in [0.05, 0.1) is 32.0 Å². The number of unbranched alkanes of at least 4 members (excludes halogenated alkanes) is 50. The van der Waals surface area contributed by atoms with E-state index in [9.17, 15) is 35.1 Å². The van der Waals surface area contributed by atoms with Crippen molar-refractivity contribution in [2.24, 2.45) is 0 Å². The summed E-state index contributed by atoms with van der Waals surface area (Å²) in [7, 11) is 0. The molecule has 1 amide bonds. The Morgan fingerprint density at radius 2 is 0.739 bits per heavy atom. The number of ether oxygens (including phenoxy) is 3. The molecular formula is C77H145NO10. The fourth-order valence-electron chi connectivity index (χ4n) is 12.2. The van der Waals surface area contributed by atoms with Gasteiger partial charge in [-0.05, 0) is 70.6 Å². The molecule has 1 rings (SSSR count). The van der Waals surface area contributed by atoms with Crippen LogP contribution in [0.25, 0.3) is 0 Å². The predicted molar refractivity (Wildman–Crippen MR) is 371 cm³/mol. The summed E-state index contributed by atoms with van der Waals surface area (Å²) in [5, 5.41) is 54.5. The van der Waals surface area contributed by atoms with E-state index in [1.54, 1.807) is 6.08 Å². The second-order valence-electron chi connectivity index (χ2n) is 26.7. The Balaban J connectivity index is 1.91. The molecule has 518 valence electrons. The SMILES string of the molecule is CCCCCCCC/C=C/CC/C=C/C(O)C(COC1OC(CO)C(O)C(O)C1O)NC(=O)CCCCCCCCCCCCCCCCCCC/C=C\CCCCCCCCCCCCCCCCCCOC(=O)CCCCCCCCCCCCC. The van der Waals surface area contributed by atoms with Crippen LogP contribution in [-0.4, -0.2) is 100 Å². The fourth-order valence-corrected chi connectivity index (χ4v) is 12.2. The highest BCUT2D eigenvalue weighted by Gasteiger charge is 2.44. The van der Waals surface area contributed by atoms with Gasteiger partial charge in [-0.15, -0.1) is 0 Å². The van der Waals surface area contributed by atoms with E-state index in [-0.39, 0.29) is 18.5 Å². The first-order valence-corrected chi connectivity index (χ1v) is 38.3. The molecule has 0 aromatic rings. The minimum Gasteiger partial charge on any atom is -0.466 e. The smallest absolute Gasteiger partial charge is 0.305 e. The fraction of sp³-hybridized carbons (Fsp3) is 0.896. The number of aliphatic hydroxyl groups is 5. The third kappa shape index (κ3) is 54.4. The molecule has 0 bridgehead atoms. The molecular weight excluding hydrogens is 1100 g/mol. The van der Waals surface area contributed by atoms with E-state index in [4.69, 9.17) is 14.2 Å². The highest BCUT2D eigenvalue weighted by Crippen LogP contribution is 2.24. The van der Waals surface area contributed by atoms with Crippen LogP contribution < -0.4 is 5.32 Å². The Morgan fingerprint density at radius 3 is 1.12 bits per heavy atom. The normalized spacial score (nSPS) is 17.9. The van der Waals surface area contributed by atoms with Crippen molar-refractivity contribution >= 4 is 11.9 Å². The van der Waals surface area contributed by atoms with Crippen molar-refractivity contribution in [3.05, 3.63) is 36.5 Å². The maximum Gasteiger partial charge on any atom is 0.305 e. The molecule has 1 aliphatic rings. The number of aliphatic hydroxyl groups excluding tert-OH is 5. The first-order valence-electron chi connectivity index (χ1n) is 38.3. The average molecular weight is 1250 g/mol. The predicted octanol–water partition coefficient (Wildman–Crippen LogP) is 20.1. The molecule has 1 aliphatic heterocycles. The van der Waals surface area contributed by atoms with E-state index in [0.717, 1.165) is 51.4 Å². The molecule has 7 unspecified atom stereocenters. The summed E-state index contributed by atoms with van der Waals surface area (Å²) < 4.78 is 16.7. The Kier molecular flexibility index (Phi) is 63.2. The number of carbonyl (C=O) groups is 2. The van der Waals surface area contributed by atoms with Crippen molar-refractivity contribution in [2.45, 2.75) is 423 Å². The van der Waals surface area contributed by atoms with E-state index in [1.165, 1.54) is 302 Å². The molecule has 88 heavy (non-hydrogen) atoms. The van der Waals surface area contributed by atoms with Gasteiger partial charge in [-0.2, -0.15) is 0 Å². The minimum atomic E-state index is -1.57. The molecule has 1 saturated heterocycles. The number of amides is 1. The molecule has 0 aromatic carbocycles. The summed E-state index contributed by atoms with van der Waals surface area (Å²) in [6.45, 7) is 4.35. The van der Waals surface area contributed by atoms with Crippen molar-refractivity contribution in [2.75, 3.05) is 19.8 Å². The van der Waals surface area contributed by atoms with Gasteiger partial charge in [-0.1, -0.05) is 333 Å². The van der Waals surface area contributed by atoms with Gasteiger partial charge >= 0.3 is 5.97 Å². The number of nitrogens with one attached hydrogen (secondary N) is 1. The number of hydrogen-bond donors (Lipinski definition) is 6. The third-order valence-electron chi connectivity index (χ3n) is 18.2. The lowest BCUT2D eigenvalue weighted by Gasteiger charge is -2.40. The third-order valence-corrected chi connectivity index (χ3v) is 18.2. The molecule has 11 heteroatoms. The molecule has 1 heterocycles. The van der Waals surface area contributed by atoms with Crippen LogP contribution in [0.5, 0.6) is 0 Å². The van der Waals surface area contributed by atoms with Gasteiger partial charge in [0, 0.05) is 12.8 Å². The number of carbonyl (C=O) groups excluding carboxylic acids is 2. The molecule has 0 aromatic heterocycles. The Bertz CT molecular complexity index is 1560. The Hall–Kier alpha value is -2.12. The van der Waals surface area contributed by atoms with Crippen molar-refractivity contribution < 1.29 is 49.3 Å². The summed E-state index contributed by atoms with van der Waals surface area (Å²) in [5.74, 6) is -0.172. The lowest BCUT2D eigenvalue weighted by Crippen LogP contribution is -2.60. The first kappa shape index (κ1) is 83.9. The number of hydrogen-bond acceptors (Lipinski definition) is 10. The zero-order valence-electron chi connectivity index (χ0n) is 57.7. The standard InChI is InChI=1S/C77H145NO10/c1-3-5-7-9-11-13-15-44-47-51-55-59-63-70(80)69(68-87-77-76(85)75(84)74(83)71(67-79)88-77)78-72(81)64-60-56-52-48-45-41-39-37-35-33-31-29-27-25-23-21-19-17-16-18-20-22-24-26-28-30-32-34-36-38-40-42-46-50-54-58-62-66-86-73(82)65-61-57-53-49-43-14-12-10-8-6-4-2/h16,18,44,47,59,63,69-71,74-77,79-80,83-85H,3-15,17,19-43,45-46,48-58,60-62,64-68H2,1-2H3,(H,78,81)/b18-16-,47-44+,63-59+. The van der Waals surface area contributed by atoms with E-state index in [1.807, 2.05) is 6.08 Å². The van der Waals surface area contributed by atoms with Gasteiger partial charge in [0.15, 0.2) is 6.29 Å². The Labute approximate surface area is 543 Å². The second kappa shape index (κ2) is 66.3. The summed E-state index contributed by atoms with van der Waals surface area (Å²) in [4.78, 5) is 25.1. The topological polar surface area (TPSA) is 175 Å². The lowest BCUT2D eigenvalue weighted by atomic mass is 9.99. The van der Waals surface area contributed by atoms with E-state index >= 15 is 0 Å². The van der Waals surface area contributed by atoms with Gasteiger partial charge in [-0.25, -0.2) is 0 Å². The number of esters is 1. The van der Waals surface area contributed by atoms with Gasteiger partial charge in [-0.3, -0.25) is 9.59 Å². The van der Waals surface area contributed by atoms with Crippen LogP contribution in [0, 0.1) is 0 Å². The molecule has 0 aliphatic carbocycles. The van der Waals surface area contributed by atoms with Crippen molar-refractivity contribution in [3.63, 3.8) is 0 Å². The zero-order chi connectivity index (χ0) is 63.7. The summed E-state index contributed by atoms with van der Waals surface area (Å²) in [5.41, 5.74) is 0. The van der Waals surface area contributed by atoms with E-state index in [0.29, 0.717) is 19.4 Å². The maximum absolute atomic E-state index is 13.1. The highest BCUT2D eigenvalue weighted by atomic mass is 16.7. The first-order chi connectivity index (χ1) is 43.2. The summed E-state index contributed by atoms with van der Waals surface area (Å²) in [6.07, 6.45) is 76.0. The molecule has 11 nitrogen and oxygen atoms in total. The van der Waals surface area contributed by atoms with E-state index < -0.39 is 49.5 Å². The van der Waals surface area contributed by atoms with Crippen LogP contribution >= 0.6 is 0 Å². The van der Waals surface area contributed by atoms with Crippen molar-refractivity contribution in [1.82, 2.24) is 5.32 Å². The van der Waals surface area contributed by atoms with Crippen LogP contribution in [0.15, 0.2) is 36.5 Å². The van der Waals surface area contributed by atoms with Crippen LogP contribution in [0.3, 0.4) is 0 Å². The molecule has 0 saturated carbocycles. The van der Waals surface area contributed by atoms with Gasteiger partial charge in [0.2, 0.25) is 5.91 Å². The quantitative estimate of drug-likeness (QED) is 0.0195. The van der Waals surface area contributed by atoms with E-state index in [2.05, 4.69) is 43.5 Å². The number of rotatable bonds is 68. The van der Waals surface area contributed by atoms with Gasteiger partial charge in [0.25, 0.3) is 0 Å². The summed E-state index contributed by atoms with van der Waals surface area (Å²) in [6, 6.07) is -0.824. The second-order valence-corrected chi connectivity index (χ2v) is 26.7. The minimum absolute atomic E-state index is 0.0152. The van der Waals surface area contributed by atoms with Crippen LogP contribution in [0.4, 0.5) is 0 Å². The molecule has 7 atom stereocenters. The molecule has 1 fully saturated rings. The molecule has 0 spiro atoms.